The second-order valence-corrected chi connectivity index (χ2v) is 5.43. The predicted molar refractivity (Wildman–Crippen MR) is 70.5 cm³/mol. The van der Waals surface area contributed by atoms with E-state index >= 15 is 0 Å². The lowest BCUT2D eigenvalue weighted by Gasteiger charge is -2.14. The van der Waals surface area contributed by atoms with Gasteiger partial charge in [-0.3, -0.25) is 4.68 Å². The van der Waals surface area contributed by atoms with Crippen molar-refractivity contribution in [3.63, 3.8) is 0 Å². The van der Waals surface area contributed by atoms with Gasteiger partial charge < -0.3 is 5.32 Å². The van der Waals surface area contributed by atoms with E-state index in [-0.39, 0.29) is 6.04 Å². The number of alkyl halides is 3. The Hall–Kier alpha value is -1.41. The van der Waals surface area contributed by atoms with Crippen LogP contribution in [0.5, 0.6) is 0 Å². The van der Waals surface area contributed by atoms with Gasteiger partial charge in [0.2, 0.25) is 0 Å². The zero-order valence-electron chi connectivity index (χ0n) is 11.1. The molecule has 0 aromatic carbocycles. The van der Waals surface area contributed by atoms with Crippen molar-refractivity contribution in [2.45, 2.75) is 25.6 Å². The summed E-state index contributed by atoms with van der Waals surface area (Å²) in [5.41, 5.74) is 0.693. The van der Waals surface area contributed by atoms with E-state index in [9.17, 15) is 13.2 Å². The molecule has 0 aliphatic carbocycles. The second kappa shape index (κ2) is 5.92. The third-order valence-corrected chi connectivity index (χ3v) is 3.79. The van der Waals surface area contributed by atoms with Crippen LogP contribution in [-0.2, 0) is 13.2 Å². The summed E-state index contributed by atoms with van der Waals surface area (Å²) in [5.74, 6) is 0. The van der Waals surface area contributed by atoms with Gasteiger partial charge in [0.05, 0.1) is 11.7 Å². The standard InChI is InChI=1S/C12H15F3N4S/c1-3-5-16-10(8-4-6-19(2)18-8)9-7-17-11(20-9)12(13,14)15/h4,6-7,10,16H,3,5H2,1-2H3. The lowest BCUT2D eigenvalue weighted by molar-refractivity contribution is -0.137. The van der Waals surface area contributed by atoms with Crippen LogP contribution in [0.4, 0.5) is 13.2 Å². The Morgan fingerprint density at radius 1 is 1.45 bits per heavy atom. The monoisotopic (exact) mass is 304 g/mol. The summed E-state index contributed by atoms with van der Waals surface area (Å²) in [6, 6.07) is 1.44. The number of rotatable bonds is 5. The SMILES string of the molecule is CCCNC(c1ccn(C)n1)c1cnc(C(F)(F)F)s1. The van der Waals surface area contributed by atoms with E-state index in [1.165, 1.54) is 6.20 Å². The smallest absolute Gasteiger partial charge is 0.304 e. The van der Waals surface area contributed by atoms with Crippen LogP contribution >= 0.6 is 11.3 Å². The molecule has 0 bridgehead atoms. The van der Waals surface area contributed by atoms with E-state index < -0.39 is 11.2 Å². The molecule has 2 heterocycles. The first-order chi connectivity index (χ1) is 9.41. The third kappa shape index (κ3) is 3.37. The molecule has 110 valence electrons. The molecule has 2 aromatic rings. The fraction of sp³-hybridized carbons (Fsp3) is 0.500. The maximum absolute atomic E-state index is 12.6. The highest BCUT2D eigenvalue weighted by molar-refractivity contribution is 7.11. The first-order valence-corrected chi connectivity index (χ1v) is 6.99. The Bertz CT molecular complexity index is 561. The van der Waals surface area contributed by atoms with Crippen molar-refractivity contribution in [1.29, 1.82) is 0 Å². The molecule has 4 nitrogen and oxygen atoms in total. The van der Waals surface area contributed by atoms with Gasteiger partial charge in [0, 0.05) is 24.3 Å². The molecule has 0 aliphatic heterocycles. The molecule has 0 spiro atoms. The average Bonchev–Trinajstić information content (AvgIpc) is 2.99. The first kappa shape index (κ1) is 15.0. The number of nitrogens with zero attached hydrogens (tertiary/aromatic N) is 3. The molecule has 0 saturated carbocycles. The Kier molecular flexibility index (Phi) is 4.44. The van der Waals surface area contributed by atoms with Crippen LogP contribution < -0.4 is 5.32 Å². The van der Waals surface area contributed by atoms with Crippen molar-refractivity contribution in [2.75, 3.05) is 6.54 Å². The minimum atomic E-state index is -4.40. The highest BCUT2D eigenvalue weighted by atomic mass is 32.1. The van der Waals surface area contributed by atoms with Crippen LogP contribution in [0, 0.1) is 0 Å². The van der Waals surface area contributed by atoms with Crippen LogP contribution in [0.3, 0.4) is 0 Å². The number of nitrogens with one attached hydrogen (secondary N) is 1. The number of aryl methyl sites for hydroxylation is 1. The Morgan fingerprint density at radius 3 is 2.70 bits per heavy atom. The van der Waals surface area contributed by atoms with Gasteiger partial charge in [-0.25, -0.2) is 4.98 Å². The van der Waals surface area contributed by atoms with Gasteiger partial charge in [0.15, 0.2) is 5.01 Å². The summed E-state index contributed by atoms with van der Waals surface area (Å²) in [4.78, 5) is 3.99. The number of halogens is 3. The lowest BCUT2D eigenvalue weighted by atomic mass is 10.2. The largest absolute Gasteiger partial charge is 0.443 e. The van der Waals surface area contributed by atoms with Gasteiger partial charge in [-0.05, 0) is 19.0 Å². The summed E-state index contributed by atoms with van der Waals surface area (Å²) in [6.45, 7) is 2.69. The minimum absolute atomic E-state index is 0.357. The van der Waals surface area contributed by atoms with Crippen LogP contribution in [-0.4, -0.2) is 21.3 Å². The average molecular weight is 304 g/mol. The fourth-order valence-corrected chi connectivity index (χ4v) is 2.65. The summed E-state index contributed by atoms with van der Waals surface area (Å²) in [5, 5.41) is 6.64. The van der Waals surface area contributed by atoms with E-state index in [1.807, 2.05) is 6.92 Å². The molecule has 2 rings (SSSR count). The van der Waals surface area contributed by atoms with Crippen molar-refractivity contribution in [3.8, 4) is 0 Å². The van der Waals surface area contributed by atoms with Crippen LogP contribution in [0.25, 0.3) is 0 Å². The van der Waals surface area contributed by atoms with Crippen molar-refractivity contribution in [2.24, 2.45) is 7.05 Å². The molecule has 0 amide bonds. The first-order valence-electron chi connectivity index (χ1n) is 6.17. The maximum Gasteiger partial charge on any atom is 0.443 e. The topological polar surface area (TPSA) is 42.7 Å². The molecule has 1 atom stereocenters. The van der Waals surface area contributed by atoms with Gasteiger partial charge in [-0.1, -0.05) is 6.92 Å². The Labute approximate surface area is 118 Å². The predicted octanol–water partition coefficient (Wildman–Crippen LogP) is 2.98. The zero-order chi connectivity index (χ0) is 14.8. The fourth-order valence-electron chi connectivity index (χ4n) is 1.78. The number of hydrogen-bond donors (Lipinski definition) is 1. The summed E-state index contributed by atoms with van der Waals surface area (Å²) >= 11 is 0.655. The van der Waals surface area contributed by atoms with E-state index in [1.54, 1.807) is 24.0 Å². The van der Waals surface area contributed by atoms with Crippen LogP contribution in [0.2, 0.25) is 0 Å². The maximum atomic E-state index is 12.6. The molecule has 0 radical (unpaired) electrons. The minimum Gasteiger partial charge on any atom is -0.304 e. The van der Waals surface area contributed by atoms with Gasteiger partial charge in [-0.15, -0.1) is 11.3 Å². The zero-order valence-corrected chi connectivity index (χ0v) is 11.9. The van der Waals surface area contributed by atoms with Gasteiger partial charge in [0.25, 0.3) is 0 Å². The quantitative estimate of drug-likeness (QED) is 0.923. The Morgan fingerprint density at radius 2 is 2.20 bits per heavy atom. The Balaban J connectivity index is 2.29. The normalized spacial score (nSPS) is 13.7. The molecule has 0 aliphatic rings. The van der Waals surface area contributed by atoms with Crippen LogP contribution in [0.1, 0.15) is 35.0 Å². The van der Waals surface area contributed by atoms with Crippen molar-refractivity contribution in [3.05, 3.63) is 34.0 Å². The van der Waals surface area contributed by atoms with Gasteiger partial charge in [0.1, 0.15) is 0 Å². The molecular formula is C12H15F3N4S. The molecule has 20 heavy (non-hydrogen) atoms. The second-order valence-electron chi connectivity index (χ2n) is 4.37. The molecular weight excluding hydrogens is 289 g/mol. The van der Waals surface area contributed by atoms with Crippen molar-refractivity contribution >= 4 is 11.3 Å². The molecule has 8 heteroatoms. The van der Waals surface area contributed by atoms with E-state index in [0.29, 0.717) is 28.5 Å². The molecule has 0 saturated heterocycles. The summed E-state index contributed by atoms with van der Waals surface area (Å²) in [7, 11) is 1.77. The van der Waals surface area contributed by atoms with E-state index in [0.717, 1.165) is 6.42 Å². The number of hydrogen-bond acceptors (Lipinski definition) is 4. The molecule has 2 aromatic heterocycles. The van der Waals surface area contributed by atoms with E-state index in [2.05, 4.69) is 15.4 Å². The number of aromatic nitrogens is 3. The van der Waals surface area contributed by atoms with Gasteiger partial charge in [-0.2, -0.15) is 18.3 Å². The van der Waals surface area contributed by atoms with Crippen molar-refractivity contribution < 1.29 is 13.2 Å². The molecule has 0 fully saturated rings. The van der Waals surface area contributed by atoms with E-state index in [4.69, 9.17) is 0 Å². The highest BCUT2D eigenvalue weighted by Crippen LogP contribution is 2.35. The van der Waals surface area contributed by atoms with Crippen molar-refractivity contribution in [1.82, 2.24) is 20.1 Å². The number of thiazole rings is 1. The molecule has 1 unspecified atom stereocenters. The summed E-state index contributed by atoms with van der Waals surface area (Å²) < 4.78 is 39.5. The third-order valence-electron chi connectivity index (χ3n) is 2.68. The summed E-state index contributed by atoms with van der Waals surface area (Å²) in [6.07, 6.45) is -0.478. The van der Waals surface area contributed by atoms with Gasteiger partial charge >= 0.3 is 6.18 Å². The lowest BCUT2D eigenvalue weighted by Crippen LogP contribution is -2.23. The highest BCUT2D eigenvalue weighted by Gasteiger charge is 2.35. The molecule has 1 N–H and O–H groups in total. The van der Waals surface area contributed by atoms with Crippen LogP contribution in [0.15, 0.2) is 18.5 Å².